The lowest BCUT2D eigenvalue weighted by Gasteiger charge is -2.28. The Balaban J connectivity index is 3.01. The van der Waals surface area contributed by atoms with Gasteiger partial charge in [-0.25, -0.2) is 17.5 Å². The summed E-state index contributed by atoms with van der Waals surface area (Å²) >= 11 is 0. The number of rotatable bonds is 7. The topological polar surface area (TPSA) is 89.7 Å². The van der Waals surface area contributed by atoms with E-state index in [-0.39, 0.29) is 16.7 Å². The molecule has 0 heterocycles. The Labute approximate surface area is 132 Å². The highest BCUT2D eigenvalue weighted by atomic mass is 32.2. The summed E-state index contributed by atoms with van der Waals surface area (Å²) in [5.41, 5.74) is 6.02. The van der Waals surface area contributed by atoms with E-state index < -0.39 is 16.0 Å². The van der Waals surface area contributed by atoms with E-state index in [4.69, 9.17) is 5.73 Å². The average Bonchev–Trinajstić information content (AvgIpc) is 2.46. The molecule has 0 fully saturated rings. The Kier molecular flexibility index (Phi) is 6.10. The number of ether oxygens (including phenoxy) is 1. The molecule has 124 valence electrons. The third-order valence-corrected chi connectivity index (χ3v) is 5.19. The minimum absolute atomic E-state index is 0.255. The fraction of sp³-hybridized carbons (Fsp3) is 0.533. The Bertz CT molecular complexity index is 626. The molecule has 0 bridgehead atoms. The SMILES string of the molecule is COC(=O)c1ccccc1CS(=O)(=O)N(C)CC(C)(C)CN. The lowest BCUT2D eigenvalue weighted by Crippen LogP contribution is -2.40. The number of nitrogens with zero attached hydrogens (tertiary/aromatic N) is 1. The zero-order valence-corrected chi connectivity index (χ0v) is 14.3. The van der Waals surface area contributed by atoms with Gasteiger partial charge in [0.1, 0.15) is 0 Å². The summed E-state index contributed by atoms with van der Waals surface area (Å²) < 4.78 is 31.0. The van der Waals surface area contributed by atoms with Gasteiger partial charge in [0.25, 0.3) is 0 Å². The molecule has 2 N–H and O–H groups in total. The largest absolute Gasteiger partial charge is 0.465 e. The molecule has 22 heavy (non-hydrogen) atoms. The summed E-state index contributed by atoms with van der Waals surface area (Å²) in [5.74, 6) is -0.800. The van der Waals surface area contributed by atoms with Crippen molar-refractivity contribution in [1.82, 2.24) is 4.31 Å². The van der Waals surface area contributed by atoms with Crippen molar-refractivity contribution < 1.29 is 17.9 Å². The lowest BCUT2D eigenvalue weighted by molar-refractivity contribution is 0.0600. The van der Waals surface area contributed by atoms with Gasteiger partial charge < -0.3 is 10.5 Å². The van der Waals surface area contributed by atoms with Crippen molar-refractivity contribution >= 4 is 16.0 Å². The van der Waals surface area contributed by atoms with Crippen LogP contribution in [0.4, 0.5) is 0 Å². The molecule has 0 aromatic heterocycles. The number of benzene rings is 1. The summed E-state index contributed by atoms with van der Waals surface area (Å²) in [4.78, 5) is 11.7. The molecule has 0 amide bonds. The van der Waals surface area contributed by atoms with Crippen LogP contribution in [0.3, 0.4) is 0 Å². The monoisotopic (exact) mass is 328 g/mol. The lowest BCUT2D eigenvalue weighted by atomic mass is 9.94. The second-order valence-electron chi connectivity index (χ2n) is 6.03. The second kappa shape index (κ2) is 7.21. The maximum Gasteiger partial charge on any atom is 0.338 e. The van der Waals surface area contributed by atoms with Gasteiger partial charge >= 0.3 is 5.97 Å². The van der Waals surface area contributed by atoms with E-state index >= 15 is 0 Å². The summed E-state index contributed by atoms with van der Waals surface area (Å²) in [5, 5.41) is 0. The molecule has 0 atom stereocenters. The quantitative estimate of drug-likeness (QED) is 0.760. The predicted octanol–water partition coefficient (Wildman–Crippen LogP) is 1.22. The predicted molar refractivity (Wildman–Crippen MR) is 85.9 cm³/mol. The van der Waals surface area contributed by atoms with Crippen LogP contribution in [0.2, 0.25) is 0 Å². The molecule has 0 saturated carbocycles. The summed E-state index contributed by atoms with van der Waals surface area (Å²) in [6, 6.07) is 6.54. The highest BCUT2D eigenvalue weighted by Crippen LogP contribution is 2.20. The van der Waals surface area contributed by atoms with Crippen molar-refractivity contribution in [3.05, 3.63) is 35.4 Å². The maximum atomic E-state index is 12.5. The van der Waals surface area contributed by atoms with Gasteiger partial charge in [-0.05, 0) is 23.6 Å². The van der Waals surface area contributed by atoms with Crippen molar-refractivity contribution in [2.45, 2.75) is 19.6 Å². The fourth-order valence-corrected chi connectivity index (χ4v) is 3.44. The second-order valence-corrected chi connectivity index (χ2v) is 8.11. The van der Waals surface area contributed by atoms with E-state index in [0.717, 1.165) is 0 Å². The van der Waals surface area contributed by atoms with Gasteiger partial charge in [-0.3, -0.25) is 0 Å². The molecule has 1 aromatic rings. The van der Waals surface area contributed by atoms with Crippen LogP contribution in [-0.2, 0) is 20.5 Å². The number of carbonyl (C=O) groups excluding carboxylic acids is 1. The van der Waals surface area contributed by atoms with Crippen molar-refractivity contribution in [3.8, 4) is 0 Å². The first-order valence-corrected chi connectivity index (χ1v) is 8.54. The van der Waals surface area contributed by atoms with Crippen molar-refractivity contribution in [1.29, 1.82) is 0 Å². The molecule has 6 nitrogen and oxygen atoms in total. The van der Waals surface area contributed by atoms with Crippen LogP contribution in [-0.4, -0.2) is 45.9 Å². The minimum Gasteiger partial charge on any atom is -0.465 e. The van der Waals surface area contributed by atoms with Crippen LogP contribution in [0, 0.1) is 5.41 Å². The molecule has 0 unspecified atom stereocenters. The molecule has 0 radical (unpaired) electrons. The Morgan fingerprint density at radius 2 is 1.91 bits per heavy atom. The van der Waals surface area contributed by atoms with E-state index in [1.54, 1.807) is 24.3 Å². The van der Waals surface area contributed by atoms with Crippen LogP contribution >= 0.6 is 0 Å². The molecule has 0 saturated heterocycles. The summed E-state index contributed by atoms with van der Waals surface area (Å²) in [6.07, 6.45) is 0. The zero-order chi connectivity index (χ0) is 17.0. The summed E-state index contributed by atoms with van der Waals surface area (Å²) in [6.45, 7) is 4.50. The minimum atomic E-state index is -3.55. The van der Waals surface area contributed by atoms with E-state index in [2.05, 4.69) is 4.74 Å². The maximum absolute atomic E-state index is 12.5. The van der Waals surface area contributed by atoms with Crippen molar-refractivity contribution in [2.24, 2.45) is 11.1 Å². The number of carbonyl (C=O) groups is 1. The number of nitrogens with two attached hydrogens (primary N) is 1. The van der Waals surface area contributed by atoms with E-state index in [1.165, 1.54) is 18.5 Å². The Morgan fingerprint density at radius 3 is 2.45 bits per heavy atom. The van der Waals surface area contributed by atoms with Gasteiger partial charge in [0.05, 0.1) is 18.4 Å². The van der Waals surface area contributed by atoms with Gasteiger partial charge in [0, 0.05) is 13.6 Å². The van der Waals surface area contributed by atoms with Gasteiger partial charge in [-0.2, -0.15) is 0 Å². The first kappa shape index (κ1) is 18.6. The van der Waals surface area contributed by atoms with E-state index in [9.17, 15) is 13.2 Å². The number of methoxy groups -OCH3 is 1. The van der Waals surface area contributed by atoms with Gasteiger partial charge in [-0.15, -0.1) is 0 Å². The van der Waals surface area contributed by atoms with Crippen molar-refractivity contribution in [2.75, 3.05) is 27.2 Å². The molecule has 0 spiro atoms. The molecule has 1 aromatic carbocycles. The average molecular weight is 328 g/mol. The van der Waals surface area contributed by atoms with Gasteiger partial charge in [0.15, 0.2) is 0 Å². The number of hydrogen-bond donors (Lipinski definition) is 1. The van der Waals surface area contributed by atoms with Crippen LogP contribution in [0.5, 0.6) is 0 Å². The molecular formula is C15H24N2O4S. The highest BCUT2D eigenvalue weighted by molar-refractivity contribution is 7.88. The number of esters is 1. The van der Waals surface area contributed by atoms with Crippen LogP contribution < -0.4 is 5.73 Å². The van der Waals surface area contributed by atoms with Gasteiger partial charge in [-0.1, -0.05) is 32.0 Å². The van der Waals surface area contributed by atoms with Crippen LogP contribution in [0.15, 0.2) is 24.3 Å². The zero-order valence-electron chi connectivity index (χ0n) is 13.5. The first-order chi connectivity index (χ1) is 10.1. The van der Waals surface area contributed by atoms with Gasteiger partial charge in [0.2, 0.25) is 10.0 Å². The summed E-state index contributed by atoms with van der Waals surface area (Å²) in [7, 11) is -0.762. The van der Waals surface area contributed by atoms with Crippen LogP contribution in [0.25, 0.3) is 0 Å². The normalized spacial score (nSPS) is 12.5. The van der Waals surface area contributed by atoms with Crippen LogP contribution in [0.1, 0.15) is 29.8 Å². The Morgan fingerprint density at radius 1 is 1.32 bits per heavy atom. The fourth-order valence-electron chi connectivity index (χ4n) is 2.03. The molecular weight excluding hydrogens is 304 g/mol. The molecule has 0 aliphatic heterocycles. The standard InChI is InChI=1S/C15H24N2O4S/c1-15(2,10-16)11-17(3)22(19,20)9-12-7-5-6-8-13(12)14(18)21-4/h5-8H,9-11,16H2,1-4H3. The molecule has 1 rings (SSSR count). The molecule has 7 heteroatoms. The highest BCUT2D eigenvalue weighted by Gasteiger charge is 2.27. The molecule has 0 aliphatic carbocycles. The number of sulfonamides is 1. The third-order valence-electron chi connectivity index (χ3n) is 3.44. The van der Waals surface area contributed by atoms with E-state index in [1.807, 2.05) is 13.8 Å². The first-order valence-electron chi connectivity index (χ1n) is 6.93. The smallest absolute Gasteiger partial charge is 0.338 e. The number of hydrogen-bond acceptors (Lipinski definition) is 5. The molecule has 0 aliphatic rings. The Hall–Kier alpha value is -1.44. The third kappa shape index (κ3) is 4.79. The van der Waals surface area contributed by atoms with Crippen molar-refractivity contribution in [3.63, 3.8) is 0 Å². The van der Waals surface area contributed by atoms with E-state index in [0.29, 0.717) is 18.7 Å².